The van der Waals surface area contributed by atoms with Crippen LogP contribution in [0.15, 0.2) is 40.8 Å². The number of anilines is 4. The zero-order valence-corrected chi connectivity index (χ0v) is 25.6. The van der Waals surface area contributed by atoms with Gasteiger partial charge in [0.05, 0.1) is 41.0 Å². The molecule has 2 unspecified atom stereocenters. The molecule has 11 heteroatoms. The second kappa shape index (κ2) is 13.9. The number of halogens is 1. The van der Waals surface area contributed by atoms with Gasteiger partial charge in [-0.25, -0.2) is 0 Å². The lowest BCUT2D eigenvalue weighted by Crippen LogP contribution is -2.31. The molecule has 0 saturated carbocycles. The second-order valence-electron chi connectivity index (χ2n) is 11.1. The summed E-state index contributed by atoms with van der Waals surface area (Å²) in [4.78, 5) is 14.8. The van der Waals surface area contributed by atoms with Crippen LogP contribution in [-0.2, 0) is 17.8 Å². The standard InChI is InChI=1S/C32H39ClN6O4/c1-4-41-30-16-25-23(15-27(30)38-31(40)8-6-12-39(2)3)32(20(17-34)18-36-25)37-21-9-10-28(24(33)13-21)42-19-22-14-26-29(43-22)7-5-11-35-26/h9-10,13-16,20,32,35-37H,4-8,11-12,18-19H2,1-3H3,(H,38,40). The average molecular weight is 607 g/mol. The number of fused-ring (bicyclic) bond motifs is 2. The summed E-state index contributed by atoms with van der Waals surface area (Å²) < 4.78 is 17.8. The number of carbonyl (C=O) groups is 1. The first-order valence-electron chi connectivity index (χ1n) is 14.8. The van der Waals surface area contributed by atoms with E-state index in [9.17, 15) is 10.1 Å². The van der Waals surface area contributed by atoms with E-state index in [1.165, 1.54) is 0 Å². The van der Waals surface area contributed by atoms with Crippen LogP contribution in [0, 0.1) is 17.2 Å². The Labute approximate surface area is 257 Å². The molecule has 0 spiro atoms. The molecule has 1 amide bonds. The number of benzene rings is 2. The Morgan fingerprint density at radius 2 is 2.02 bits per heavy atom. The summed E-state index contributed by atoms with van der Waals surface area (Å²) >= 11 is 6.63. The summed E-state index contributed by atoms with van der Waals surface area (Å²) in [6.07, 6.45) is 3.12. The van der Waals surface area contributed by atoms with Crippen molar-refractivity contribution in [3.05, 3.63) is 58.5 Å². The van der Waals surface area contributed by atoms with E-state index in [4.69, 9.17) is 25.5 Å². The fraction of sp³-hybridized carbons (Fsp3) is 0.438. The smallest absolute Gasteiger partial charge is 0.224 e. The first-order chi connectivity index (χ1) is 20.8. The Kier molecular flexibility index (Phi) is 9.85. The van der Waals surface area contributed by atoms with Crippen LogP contribution in [-0.4, -0.2) is 51.1 Å². The molecule has 0 aliphatic carbocycles. The highest BCUT2D eigenvalue weighted by molar-refractivity contribution is 6.32. The highest BCUT2D eigenvalue weighted by atomic mass is 35.5. The molecule has 0 fully saturated rings. The van der Waals surface area contributed by atoms with Crippen LogP contribution < -0.4 is 30.7 Å². The Hall–Kier alpha value is -4.07. The molecule has 0 saturated heterocycles. The Balaban J connectivity index is 1.32. The van der Waals surface area contributed by atoms with Gasteiger partial charge in [-0.2, -0.15) is 5.26 Å². The number of nitrogens with one attached hydrogen (secondary N) is 4. The van der Waals surface area contributed by atoms with E-state index < -0.39 is 0 Å². The fourth-order valence-corrected chi connectivity index (χ4v) is 5.63. The molecule has 10 nitrogen and oxygen atoms in total. The fourth-order valence-electron chi connectivity index (χ4n) is 5.40. The van der Waals surface area contributed by atoms with Gasteiger partial charge in [0, 0.05) is 55.0 Å². The van der Waals surface area contributed by atoms with Crippen molar-refractivity contribution < 1.29 is 18.7 Å². The first-order valence-corrected chi connectivity index (χ1v) is 15.2. The number of hydrogen-bond donors (Lipinski definition) is 4. The van der Waals surface area contributed by atoms with E-state index in [1.807, 2.05) is 51.4 Å². The lowest BCUT2D eigenvalue weighted by atomic mass is 9.88. The molecule has 2 aliphatic rings. The van der Waals surface area contributed by atoms with E-state index >= 15 is 0 Å². The van der Waals surface area contributed by atoms with Crippen LogP contribution in [0.25, 0.3) is 0 Å². The van der Waals surface area contributed by atoms with Crippen molar-refractivity contribution >= 4 is 40.3 Å². The van der Waals surface area contributed by atoms with Crippen molar-refractivity contribution in [3.8, 4) is 17.6 Å². The molecule has 5 rings (SSSR count). The van der Waals surface area contributed by atoms with E-state index in [2.05, 4.69) is 32.2 Å². The Morgan fingerprint density at radius 1 is 1.16 bits per heavy atom. The minimum absolute atomic E-state index is 0.0822. The van der Waals surface area contributed by atoms with Crippen LogP contribution >= 0.6 is 11.6 Å². The van der Waals surface area contributed by atoms with Gasteiger partial charge in [0.25, 0.3) is 0 Å². The third-order valence-electron chi connectivity index (χ3n) is 7.53. The molecule has 43 heavy (non-hydrogen) atoms. The van der Waals surface area contributed by atoms with Gasteiger partial charge < -0.3 is 40.1 Å². The maximum absolute atomic E-state index is 12.8. The minimum atomic E-state index is -0.373. The summed E-state index contributed by atoms with van der Waals surface area (Å²) in [5.41, 5.74) is 4.07. The van der Waals surface area contributed by atoms with Crippen LogP contribution in [0.3, 0.4) is 0 Å². The molecule has 0 radical (unpaired) electrons. The molecule has 228 valence electrons. The van der Waals surface area contributed by atoms with Crippen LogP contribution in [0.2, 0.25) is 5.02 Å². The van der Waals surface area contributed by atoms with Gasteiger partial charge in [0.1, 0.15) is 29.6 Å². The van der Waals surface area contributed by atoms with Crippen LogP contribution in [0.1, 0.15) is 49.3 Å². The number of hydrogen-bond acceptors (Lipinski definition) is 9. The lowest BCUT2D eigenvalue weighted by Gasteiger charge is -2.33. The maximum Gasteiger partial charge on any atom is 0.224 e. The van der Waals surface area contributed by atoms with Gasteiger partial charge in [-0.05, 0) is 64.7 Å². The largest absolute Gasteiger partial charge is 0.492 e. The molecule has 2 aliphatic heterocycles. The number of nitriles is 1. The zero-order valence-electron chi connectivity index (χ0n) is 24.9. The predicted octanol–water partition coefficient (Wildman–Crippen LogP) is 6.27. The van der Waals surface area contributed by atoms with Crippen molar-refractivity contribution in [2.24, 2.45) is 5.92 Å². The lowest BCUT2D eigenvalue weighted by molar-refractivity contribution is -0.116. The number of furan rings is 1. The van der Waals surface area contributed by atoms with E-state index in [0.29, 0.717) is 41.8 Å². The molecule has 1 aromatic heterocycles. The number of ether oxygens (including phenoxy) is 2. The summed E-state index contributed by atoms with van der Waals surface area (Å²) in [6, 6.07) is 13.3. The van der Waals surface area contributed by atoms with Crippen molar-refractivity contribution in [1.29, 1.82) is 5.26 Å². The Bertz CT molecular complexity index is 1460. The molecular formula is C32H39ClN6O4. The van der Waals surface area contributed by atoms with Gasteiger partial charge in [0.15, 0.2) is 0 Å². The van der Waals surface area contributed by atoms with Gasteiger partial charge >= 0.3 is 0 Å². The van der Waals surface area contributed by atoms with Gasteiger partial charge in [-0.1, -0.05) is 11.6 Å². The maximum atomic E-state index is 12.8. The molecule has 3 heterocycles. The number of carbonyl (C=O) groups excluding carboxylic acids is 1. The van der Waals surface area contributed by atoms with Gasteiger partial charge in [-0.15, -0.1) is 0 Å². The summed E-state index contributed by atoms with van der Waals surface area (Å²) in [5, 5.41) is 23.7. The number of aryl methyl sites for hydroxylation is 1. The summed E-state index contributed by atoms with van der Waals surface area (Å²) in [7, 11) is 3.97. The minimum Gasteiger partial charge on any atom is -0.492 e. The Morgan fingerprint density at radius 3 is 2.77 bits per heavy atom. The van der Waals surface area contributed by atoms with Crippen molar-refractivity contribution in [3.63, 3.8) is 0 Å². The molecular weight excluding hydrogens is 568 g/mol. The van der Waals surface area contributed by atoms with Crippen molar-refractivity contribution in [2.45, 2.75) is 45.3 Å². The summed E-state index contributed by atoms with van der Waals surface area (Å²) in [5.74, 6) is 2.38. The zero-order chi connectivity index (χ0) is 30.3. The third-order valence-corrected chi connectivity index (χ3v) is 7.83. The highest BCUT2D eigenvalue weighted by Crippen LogP contribution is 2.42. The van der Waals surface area contributed by atoms with Crippen LogP contribution in [0.4, 0.5) is 22.7 Å². The topological polar surface area (TPSA) is 124 Å². The second-order valence-corrected chi connectivity index (χ2v) is 11.5. The van der Waals surface area contributed by atoms with Crippen molar-refractivity contribution in [2.75, 3.05) is 61.6 Å². The van der Waals surface area contributed by atoms with E-state index in [-0.39, 0.29) is 24.5 Å². The molecule has 4 N–H and O–H groups in total. The highest BCUT2D eigenvalue weighted by Gasteiger charge is 2.31. The average Bonchev–Trinajstić information content (AvgIpc) is 3.40. The number of nitrogens with zero attached hydrogens (tertiary/aromatic N) is 2. The quantitative estimate of drug-likeness (QED) is 0.189. The number of rotatable bonds is 12. The monoisotopic (exact) mass is 606 g/mol. The summed E-state index contributed by atoms with van der Waals surface area (Å²) in [6.45, 7) is 4.86. The van der Waals surface area contributed by atoms with E-state index in [1.54, 1.807) is 6.07 Å². The SMILES string of the molecule is CCOc1cc2c(cc1NC(=O)CCCN(C)C)C(Nc1ccc(OCc3cc4c(o3)CCCN4)c(Cl)c1)C(C#N)CN2. The molecule has 0 bridgehead atoms. The van der Waals surface area contributed by atoms with Gasteiger partial charge in [-0.3, -0.25) is 4.79 Å². The van der Waals surface area contributed by atoms with Crippen LogP contribution in [0.5, 0.6) is 11.5 Å². The normalized spacial score (nSPS) is 17.1. The molecule has 2 atom stereocenters. The number of amides is 1. The molecule has 3 aromatic rings. The van der Waals surface area contributed by atoms with Gasteiger partial charge in [0.2, 0.25) is 5.91 Å². The molecule has 2 aromatic carbocycles. The predicted molar refractivity (Wildman–Crippen MR) is 169 cm³/mol. The third kappa shape index (κ3) is 7.48. The first kappa shape index (κ1) is 30.4. The van der Waals surface area contributed by atoms with E-state index in [0.717, 1.165) is 66.5 Å². The van der Waals surface area contributed by atoms with Crippen molar-refractivity contribution in [1.82, 2.24) is 4.90 Å².